The summed E-state index contributed by atoms with van der Waals surface area (Å²) in [7, 11) is -3.60. The largest absolute Gasteiger partial charge is 0.390 e. The number of aromatic nitrogens is 2. The Bertz CT molecular complexity index is 1200. The molecule has 0 bridgehead atoms. The first kappa shape index (κ1) is 21.5. The van der Waals surface area contributed by atoms with Crippen molar-refractivity contribution in [1.29, 1.82) is 5.26 Å². The van der Waals surface area contributed by atoms with Crippen LogP contribution in [0.3, 0.4) is 0 Å². The minimum absolute atomic E-state index is 0.0457. The lowest BCUT2D eigenvalue weighted by atomic mass is 9.93. The number of amides is 2. The molecule has 164 valence electrons. The highest BCUT2D eigenvalue weighted by Crippen LogP contribution is 2.41. The predicted octanol–water partition coefficient (Wildman–Crippen LogP) is 2.74. The molecule has 0 saturated carbocycles. The van der Waals surface area contributed by atoms with Gasteiger partial charge in [0.25, 0.3) is 0 Å². The van der Waals surface area contributed by atoms with Crippen LogP contribution in [0, 0.1) is 11.3 Å². The molecule has 0 aliphatic heterocycles. The van der Waals surface area contributed by atoms with E-state index in [1.807, 2.05) is 13.8 Å². The van der Waals surface area contributed by atoms with Crippen molar-refractivity contribution in [3.8, 4) is 6.07 Å². The summed E-state index contributed by atoms with van der Waals surface area (Å²) in [5.41, 5.74) is 5.89. The van der Waals surface area contributed by atoms with Crippen LogP contribution in [0.2, 0.25) is 0 Å². The Morgan fingerprint density at radius 1 is 1.29 bits per heavy atom. The Hall–Kier alpha value is -2.74. The second-order valence-corrected chi connectivity index (χ2v) is 9.98. The van der Waals surface area contributed by atoms with E-state index >= 15 is 0 Å². The number of aliphatic hydroxyl groups excluding tert-OH is 1. The molecule has 10 heteroatoms. The van der Waals surface area contributed by atoms with Gasteiger partial charge >= 0.3 is 6.03 Å². The number of rotatable bonds is 4. The zero-order valence-corrected chi connectivity index (χ0v) is 18.5. The van der Waals surface area contributed by atoms with Crippen LogP contribution in [-0.2, 0) is 42.2 Å². The maximum absolute atomic E-state index is 13.0. The maximum atomic E-state index is 13.0. The molecule has 0 radical (unpaired) electrons. The van der Waals surface area contributed by atoms with Gasteiger partial charge in [-0.1, -0.05) is 0 Å². The van der Waals surface area contributed by atoms with Crippen molar-refractivity contribution in [2.45, 2.75) is 70.0 Å². The average Bonchev–Trinajstić information content (AvgIpc) is 3.45. The molecule has 9 nitrogen and oxygen atoms in total. The van der Waals surface area contributed by atoms with Gasteiger partial charge in [0.1, 0.15) is 0 Å². The third kappa shape index (κ3) is 3.73. The Labute approximate surface area is 181 Å². The van der Waals surface area contributed by atoms with Gasteiger partial charge in [0.15, 0.2) is 14.9 Å². The summed E-state index contributed by atoms with van der Waals surface area (Å²) in [5, 5.41) is 32.1. The van der Waals surface area contributed by atoms with Gasteiger partial charge in [0, 0.05) is 17.8 Å². The summed E-state index contributed by atoms with van der Waals surface area (Å²) < 4.78 is 18.3. The lowest BCUT2D eigenvalue weighted by Gasteiger charge is -2.17. The zero-order valence-electron chi connectivity index (χ0n) is 17.6. The van der Waals surface area contributed by atoms with E-state index in [9.17, 15) is 19.4 Å². The Morgan fingerprint density at radius 2 is 1.87 bits per heavy atom. The van der Waals surface area contributed by atoms with Crippen LogP contribution in [0.4, 0.5) is 10.5 Å². The highest BCUT2D eigenvalue weighted by atomic mass is 32.2. The number of hydrogen-bond donors (Lipinski definition) is 3. The molecule has 1 aromatic heterocycles. The zero-order chi connectivity index (χ0) is 22.3. The smallest absolute Gasteiger partial charge is 0.354 e. The Balaban J connectivity index is 1.71. The summed E-state index contributed by atoms with van der Waals surface area (Å²) in [5.74, 6) is 0. The standard InChI is InChI=1S/C21H26N6O3S/c1-12(2)27-13(11-28)9-19(25-27)31(23,30)26-21(29)24-20-16-7-3-5-14(16)18(10-22)15-6-4-8-17(15)20/h9,12,28H,3-8,11H2,1-2H3,(H3,23,24,26,29,30)/t31-/m0/s1. The van der Waals surface area contributed by atoms with Crippen LogP contribution < -0.4 is 10.5 Å². The van der Waals surface area contributed by atoms with E-state index in [1.54, 1.807) is 0 Å². The molecule has 2 aromatic rings. The van der Waals surface area contributed by atoms with Crippen LogP contribution in [0.15, 0.2) is 15.5 Å². The molecule has 4 N–H and O–H groups in total. The SMILES string of the molecule is CC(C)n1nc([S@@](N)(=O)=NC(=O)Nc2c3c(c(C#N)c4c2CCC4)CCC3)cc1CO. The van der Waals surface area contributed by atoms with Gasteiger partial charge in [-0.3, -0.25) is 4.68 Å². The van der Waals surface area contributed by atoms with E-state index in [-0.39, 0.29) is 17.7 Å². The number of nitrogens with two attached hydrogens (primary N) is 1. The fourth-order valence-electron chi connectivity index (χ4n) is 4.66. The van der Waals surface area contributed by atoms with Gasteiger partial charge in [-0.25, -0.2) is 14.1 Å². The topological polar surface area (TPSA) is 146 Å². The minimum Gasteiger partial charge on any atom is -0.390 e. The average molecular weight is 443 g/mol. The fraction of sp³-hybridized carbons (Fsp3) is 0.476. The first-order valence-corrected chi connectivity index (χ1v) is 12.0. The highest BCUT2D eigenvalue weighted by molar-refractivity contribution is 7.91. The number of fused-ring (bicyclic) bond motifs is 2. The predicted molar refractivity (Wildman–Crippen MR) is 116 cm³/mol. The molecule has 31 heavy (non-hydrogen) atoms. The number of carbonyl (C=O) groups excluding carboxylic acids is 1. The first-order valence-electron chi connectivity index (χ1n) is 10.4. The second-order valence-electron chi connectivity index (χ2n) is 8.24. The number of nitrogens with one attached hydrogen (secondary N) is 1. The van der Waals surface area contributed by atoms with Crippen LogP contribution in [-0.4, -0.2) is 25.1 Å². The number of hydrogen-bond acceptors (Lipinski definition) is 5. The van der Waals surface area contributed by atoms with E-state index in [0.717, 1.165) is 66.3 Å². The number of anilines is 1. The van der Waals surface area contributed by atoms with Crippen LogP contribution in [0.1, 0.15) is 66.2 Å². The number of urea groups is 1. The van der Waals surface area contributed by atoms with E-state index in [1.165, 1.54) is 10.7 Å². The van der Waals surface area contributed by atoms with Crippen LogP contribution >= 0.6 is 0 Å². The van der Waals surface area contributed by atoms with Crippen LogP contribution in [0.25, 0.3) is 0 Å². The van der Waals surface area contributed by atoms with Gasteiger partial charge in [0.05, 0.1) is 23.9 Å². The quantitative estimate of drug-likeness (QED) is 0.666. The Morgan fingerprint density at radius 3 is 2.35 bits per heavy atom. The number of aliphatic hydroxyl groups is 1. The van der Waals surface area contributed by atoms with Crippen molar-refractivity contribution >= 4 is 21.6 Å². The molecular formula is C21H26N6O3S. The molecule has 4 rings (SSSR count). The van der Waals surface area contributed by atoms with Crippen LogP contribution in [0.5, 0.6) is 0 Å². The van der Waals surface area contributed by atoms with Gasteiger partial charge in [-0.2, -0.15) is 10.4 Å². The summed E-state index contributed by atoms with van der Waals surface area (Å²) in [4.78, 5) is 12.8. The summed E-state index contributed by atoms with van der Waals surface area (Å²) >= 11 is 0. The summed E-state index contributed by atoms with van der Waals surface area (Å²) in [6.07, 6.45) is 5.05. The van der Waals surface area contributed by atoms with Gasteiger partial charge in [0.2, 0.25) is 0 Å². The van der Waals surface area contributed by atoms with Gasteiger partial charge in [-0.05, 0) is 74.6 Å². The molecule has 0 unspecified atom stereocenters. The molecule has 1 heterocycles. The van der Waals surface area contributed by atoms with Crippen molar-refractivity contribution < 1.29 is 14.1 Å². The van der Waals surface area contributed by atoms with E-state index in [0.29, 0.717) is 11.4 Å². The lowest BCUT2D eigenvalue weighted by Crippen LogP contribution is -2.20. The minimum atomic E-state index is -3.60. The highest BCUT2D eigenvalue weighted by Gasteiger charge is 2.29. The van der Waals surface area contributed by atoms with Gasteiger partial charge < -0.3 is 10.4 Å². The number of carbonyl (C=O) groups is 1. The molecule has 2 aliphatic carbocycles. The van der Waals surface area contributed by atoms with E-state index in [2.05, 4.69) is 20.8 Å². The van der Waals surface area contributed by atoms with E-state index in [4.69, 9.17) is 5.14 Å². The molecular weight excluding hydrogens is 416 g/mol. The molecule has 0 spiro atoms. The molecule has 1 aromatic carbocycles. The number of nitriles is 1. The molecule has 2 aliphatic rings. The third-order valence-corrected chi connectivity index (χ3v) is 7.18. The summed E-state index contributed by atoms with van der Waals surface area (Å²) in [6.45, 7) is 3.44. The Kier molecular flexibility index (Phi) is 5.60. The molecule has 0 saturated heterocycles. The van der Waals surface area contributed by atoms with Crippen molar-refractivity contribution in [1.82, 2.24) is 9.78 Å². The summed E-state index contributed by atoms with van der Waals surface area (Å²) in [6, 6.07) is 2.89. The maximum Gasteiger partial charge on any atom is 0.354 e. The third-order valence-electron chi connectivity index (χ3n) is 5.95. The van der Waals surface area contributed by atoms with Crippen molar-refractivity contribution in [2.24, 2.45) is 9.50 Å². The number of nitrogens with zero attached hydrogens (tertiary/aromatic N) is 4. The normalized spacial score (nSPS) is 16.5. The second kappa shape index (κ2) is 8.07. The number of benzene rings is 1. The molecule has 0 fully saturated rings. The lowest BCUT2D eigenvalue weighted by molar-refractivity contribution is 0.260. The van der Waals surface area contributed by atoms with E-state index < -0.39 is 15.9 Å². The fourth-order valence-corrected chi connectivity index (χ4v) is 5.55. The van der Waals surface area contributed by atoms with Crippen molar-refractivity contribution in [2.75, 3.05) is 5.32 Å². The molecule has 1 atom stereocenters. The monoisotopic (exact) mass is 442 g/mol. The molecule has 2 amide bonds. The van der Waals surface area contributed by atoms with Gasteiger partial charge in [-0.15, -0.1) is 4.36 Å². The van der Waals surface area contributed by atoms with Crippen molar-refractivity contribution in [3.05, 3.63) is 39.6 Å². The van der Waals surface area contributed by atoms with Crippen molar-refractivity contribution in [3.63, 3.8) is 0 Å². The first-order chi connectivity index (χ1) is 14.8.